The third-order valence-electron chi connectivity index (χ3n) is 4.74. The highest BCUT2D eigenvalue weighted by Gasteiger charge is 2.22. The number of nitrogens with one attached hydrogen (secondary N) is 1. The molecule has 0 bridgehead atoms. The number of ether oxygens (including phenoxy) is 3. The molecule has 160 valence electrons. The zero-order chi connectivity index (χ0) is 20.9. The highest BCUT2D eigenvalue weighted by molar-refractivity contribution is 5.77. The van der Waals surface area contributed by atoms with E-state index in [9.17, 15) is 9.59 Å². The van der Waals surface area contributed by atoms with Crippen molar-refractivity contribution in [2.45, 2.75) is 39.3 Å². The molecule has 0 aromatic heterocycles. The highest BCUT2D eigenvalue weighted by Crippen LogP contribution is 2.31. The van der Waals surface area contributed by atoms with Crippen LogP contribution in [0.25, 0.3) is 0 Å². The monoisotopic (exact) mass is 405 g/mol. The summed E-state index contributed by atoms with van der Waals surface area (Å²) in [6.45, 7) is 10.7. The molecular formula is C21H31N3O5. The van der Waals surface area contributed by atoms with Crippen LogP contribution in [0.2, 0.25) is 0 Å². The van der Waals surface area contributed by atoms with Crippen molar-refractivity contribution in [1.29, 1.82) is 0 Å². The summed E-state index contributed by atoms with van der Waals surface area (Å²) >= 11 is 0. The van der Waals surface area contributed by atoms with Gasteiger partial charge in [0.2, 0.25) is 5.91 Å². The van der Waals surface area contributed by atoms with Crippen molar-refractivity contribution in [2.75, 3.05) is 45.9 Å². The van der Waals surface area contributed by atoms with Gasteiger partial charge in [-0.3, -0.25) is 9.69 Å². The van der Waals surface area contributed by atoms with E-state index in [-0.39, 0.29) is 18.9 Å². The van der Waals surface area contributed by atoms with Crippen molar-refractivity contribution < 1.29 is 23.8 Å². The van der Waals surface area contributed by atoms with Crippen LogP contribution in [0.15, 0.2) is 18.2 Å². The maximum Gasteiger partial charge on any atom is 0.407 e. The van der Waals surface area contributed by atoms with Gasteiger partial charge in [0.25, 0.3) is 0 Å². The van der Waals surface area contributed by atoms with Gasteiger partial charge in [-0.2, -0.15) is 0 Å². The summed E-state index contributed by atoms with van der Waals surface area (Å²) < 4.78 is 16.4. The predicted molar refractivity (Wildman–Crippen MR) is 108 cm³/mol. The van der Waals surface area contributed by atoms with E-state index in [1.54, 1.807) is 0 Å². The number of carbonyl (C=O) groups is 2. The molecule has 1 N–H and O–H groups in total. The van der Waals surface area contributed by atoms with E-state index in [0.29, 0.717) is 26.3 Å². The third-order valence-corrected chi connectivity index (χ3v) is 4.74. The Morgan fingerprint density at radius 2 is 1.76 bits per heavy atom. The number of piperazine rings is 1. The largest absolute Gasteiger partial charge is 0.486 e. The van der Waals surface area contributed by atoms with E-state index in [1.807, 2.05) is 37.8 Å². The van der Waals surface area contributed by atoms with Gasteiger partial charge in [0, 0.05) is 45.7 Å². The summed E-state index contributed by atoms with van der Waals surface area (Å²) in [5, 5.41) is 2.63. The number of nitrogens with zero attached hydrogens (tertiary/aromatic N) is 2. The van der Waals surface area contributed by atoms with Gasteiger partial charge in [-0.15, -0.1) is 0 Å². The van der Waals surface area contributed by atoms with Crippen LogP contribution >= 0.6 is 0 Å². The Morgan fingerprint density at radius 3 is 2.45 bits per heavy atom. The van der Waals surface area contributed by atoms with Crippen LogP contribution in [0, 0.1) is 0 Å². The van der Waals surface area contributed by atoms with Crippen molar-refractivity contribution in [3.63, 3.8) is 0 Å². The van der Waals surface area contributed by atoms with E-state index < -0.39 is 11.7 Å². The minimum atomic E-state index is -0.540. The van der Waals surface area contributed by atoms with Crippen LogP contribution in [-0.4, -0.2) is 73.3 Å². The van der Waals surface area contributed by atoms with Gasteiger partial charge < -0.3 is 24.4 Å². The molecule has 0 aliphatic carbocycles. The van der Waals surface area contributed by atoms with Crippen molar-refractivity contribution >= 4 is 12.0 Å². The van der Waals surface area contributed by atoms with E-state index in [4.69, 9.17) is 14.2 Å². The first-order valence-electron chi connectivity index (χ1n) is 10.2. The van der Waals surface area contributed by atoms with E-state index in [2.05, 4.69) is 16.3 Å². The number of fused-ring (bicyclic) bond motifs is 1. The number of rotatable bonds is 5. The second-order valence-corrected chi connectivity index (χ2v) is 8.31. The number of benzene rings is 1. The van der Waals surface area contributed by atoms with Gasteiger partial charge in [0.1, 0.15) is 18.8 Å². The first-order valence-corrected chi connectivity index (χ1v) is 10.2. The molecule has 8 nitrogen and oxygen atoms in total. The third kappa shape index (κ3) is 6.52. The Hall–Kier alpha value is -2.48. The Bertz CT molecular complexity index is 724. The smallest absolute Gasteiger partial charge is 0.407 e. The highest BCUT2D eigenvalue weighted by atomic mass is 16.6. The molecule has 2 aliphatic heterocycles. The van der Waals surface area contributed by atoms with Crippen LogP contribution in [-0.2, 0) is 16.1 Å². The lowest BCUT2D eigenvalue weighted by Crippen LogP contribution is -2.48. The van der Waals surface area contributed by atoms with Gasteiger partial charge in [0.15, 0.2) is 11.5 Å². The second kappa shape index (κ2) is 9.35. The van der Waals surface area contributed by atoms with Gasteiger partial charge in [-0.1, -0.05) is 6.07 Å². The zero-order valence-electron chi connectivity index (χ0n) is 17.5. The Morgan fingerprint density at radius 1 is 1.07 bits per heavy atom. The van der Waals surface area contributed by atoms with E-state index in [1.165, 1.54) is 5.56 Å². The van der Waals surface area contributed by atoms with Crippen LogP contribution in [0.3, 0.4) is 0 Å². The molecule has 2 aliphatic rings. The predicted octanol–water partition coefficient (Wildman–Crippen LogP) is 2.02. The average Bonchev–Trinajstić information content (AvgIpc) is 2.67. The summed E-state index contributed by atoms with van der Waals surface area (Å²) in [6, 6.07) is 6.06. The molecule has 0 radical (unpaired) electrons. The number of hydrogen-bond donors (Lipinski definition) is 1. The normalized spacial score (nSPS) is 17.0. The van der Waals surface area contributed by atoms with Gasteiger partial charge >= 0.3 is 6.09 Å². The minimum absolute atomic E-state index is 0.0556. The minimum Gasteiger partial charge on any atom is -0.486 e. The maximum atomic E-state index is 12.4. The lowest BCUT2D eigenvalue weighted by Gasteiger charge is -2.35. The first kappa shape index (κ1) is 21.2. The number of amides is 2. The van der Waals surface area contributed by atoms with E-state index in [0.717, 1.165) is 31.1 Å². The molecule has 1 aromatic carbocycles. The lowest BCUT2D eigenvalue weighted by atomic mass is 10.1. The number of carbonyl (C=O) groups excluding carboxylic acids is 2. The molecule has 2 heterocycles. The lowest BCUT2D eigenvalue weighted by molar-refractivity contribution is -0.132. The van der Waals surface area contributed by atoms with Crippen molar-refractivity contribution in [2.24, 2.45) is 0 Å². The molecule has 1 aromatic rings. The molecular weight excluding hydrogens is 374 g/mol. The van der Waals surface area contributed by atoms with Crippen molar-refractivity contribution in [1.82, 2.24) is 15.1 Å². The fourth-order valence-electron chi connectivity index (χ4n) is 3.34. The Kier molecular flexibility index (Phi) is 6.84. The van der Waals surface area contributed by atoms with Gasteiger partial charge in [0.05, 0.1) is 0 Å². The standard InChI is InChI=1S/C21H31N3O5/c1-21(2,3)29-20(26)22-7-6-19(25)24-10-8-23(9-11-24)15-16-4-5-17-18(14-16)28-13-12-27-17/h4-5,14H,6-13,15H2,1-3H3,(H,22,26). The zero-order valence-corrected chi connectivity index (χ0v) is 17.5. The first-order chi connectivity index (χ1) is 13.8. The Balaban J connectivity index is 1.37. The van der Waals surface area contributed by atoms with Crippen LogP contribution in [0.1, 0.15) is 32.8 Å². The van der Waals surface area contributed by atoms with Crippen molar-refractivity contribution in [3.05, 3.63) is 23.8 Å². The summed E-state index contributed by atoms with van der Waals surface area (Å²) in [5.74, 6) is 1.66. The van der Waals surface area contributed by atoms with Gasteiger partial charge in [-0.05, 0) is 38.5 Å². The summed E-state index contributed by atoms with van der Waals surface area (Å²) in [5.41, 5.74) is 0.636. The van der Waals surface area contributed by atoms with Crippen LogP contribution in [0.5, 0.6) is 11.5 Å². The summed E-state index contributed by atoms with van der Waals surface area (Å²) in [4.78, 5) is 28.2. The maximum absolute atomic E-state index is 12.4. The molecule has 8 heteroatoms. The molecule has 0 atom stereocenters. The second-order valence-electron chi connectivity index (χ2n) is 8.31. The molecule has 1 fully saturated rings. The molecule has 0 spiro atoms. The molecule has 2 amide bonds. The quantitative estimate of drug-likeness (QED) is 0.807. The Labute approximate surface area is 172 Å². The fraction of sp³-hybridized carbons (Fsp3) is 0.619. The topological polar surface area (TPSA) is 80.3 Å². The molecule has 0 saturated carbocycles. The van der Waals surface area contributed by atoms with Gasteiger partial charge in [-0.25, -0.2) is 4.79 Å². The molecule has 29 heavy (non-hydrogen) atoms. The van der Waals surface area contributed by atoms with Crippen LogP contribution < -0.4 is 14.8 Å². The fourth-order valence-corrected chi connectivity index (χ4v) is 3.34. The number of hydrogen-bond acceptors (Lipinski definition) is 6. The average molecular weight is 405 g/mol. The summed E-state index contributed by atoms with van der Waals surface area (Å²) in [6.07, 6.45) is -0.212. The SMILES string of the molecule is CC(C)(C)OC(=O)NCCC(=O)N1CCN(Cc2ccc3c(c2)OCCO3)CC1. The summed E-state index contributed by atoms with van der Waals surface area (Å²) in [7, 11) is 0. The molecule has 1 saturated heterocycles. The molecule has 0 unspecified atom stereocenters. The van der Waals surface area contributed by atoms with Crippen molar-refractivity contribution in [3.8, 4) is 11.5 Å². The molecule has 3 rings (SSSR count). The van der Waals surface area contributed by atoms with Crippen LogP contribution in [0.4, 0.5) is 4.79 Å². The van der Waals surface area contributed by atoms with E-state index >= 15 is 0 Å². The number of alkyl carbamates (subject to hydrolysis) is 1.